The van der Waals surface area contributed by atoms with Crippen LogP contribution in [0, 0.1) is 0 Å². The average Bonchev–Trinajstić information content (AvgIpc) is 2.59. The second-order valence-corrected chi connectivity index (χ2v) is 5.32. The molecule has 0 saturated carbocycles. The Bertz CT molecular complexity index is 566. The Balaban J connectivity index is 2.67. The molecule has 6 heteroatoms. The first-order chi connectivity index (χ1) is 11.5. The molecule has 6 nitrogen and oxygen atoms in total. The summed E-state index contributed by atoms with van der Waals surface area (Å²) in [5.41, 5.74) is 0.175. The fourth-order valence-corrected chi connectivity index (χ4v) is 1.74. The fourth-order valence-electron chi connectivity index (χ4n) is 1.74. The molecule has 24 heavy (non-hydrogen) atoms. The van der Waals surface area contributed by atoms with Crippen molar-refractivity contribution in [3.63, 3.8) is 0 Å². The van der Waals surface area contributed by atoms with Gasteiger partial charge in [-0.05, 0) is 31.9 Å². The lowest BCUT2D eigenvalue weighted by Gasteiger charge is -2.13. The molecule has 1 aromatic rings. The van der Waals surface area contributed by atoms with Crippen molar-refractivity contribution in [3.8, 4) is 0 Å². The molecule has 0 amide bonds. The van der Waals surface area contributed by atoms with E-state index in [0.29, 0.717) is 13.0 Å². The van der Waals surface area contributed by atoms with Gasteiger partial charge in [0.2, 0.25) is 0 Å². The number of benzene rings is 1. The van der Waals surface area contributed by atoms with Gasteiger partial charge in [0.05, 0.1) is 23.8 Å². The third-order valence-corrected chi connectivity index (χ3v) is 3.33. The number of carbonyl (C=O) groups excluding carboxylic acids is 3. The molecule has 0 heterocycles. The van der Waals surface area contributed by atoms with Gasteiger partial charge in [-0.25, -0.2) is 14.4 Å². The summed E-state index contributed by atoms with van der Waals surface area (Å²) in [6.45, 7) is 5.44. The van der Waals surface area contributed by atoms with E-state index in [1.807, 2.05) is 13.8 Å². The summed E-state index contributed by atoms with van der Waals surface area (Å²) in [4.78, 5) is 35.7. The van der Waals surface area contributed by atoms with E-state index in [9.17, 15) is 14.4 Å². The van der Waals surface area contributed by atoms with Crippen molar-refractivity contribution in [2.75, 3.05) is 13.2 Å². The normalized spacial score (nSPS) is 11.5. The first-order valence-corrected chi connectivity index (χ1v) is 8.12. The molecular formula is C18H24O6. The van der Waals surface area contributed by atoms with E-state index in [0.717, 1.165) is 12.8 Å². The molecule has 1 atom stereocenters. The minimum Gasteiger partial charge on any atom is -0.463 e. The van der Waals surface area contributed by atoms with E-state index in [1.165, 1.54) is 12.1 Å². The molecule has 0 fully saturated rings. The molecule has 1 aromatic carbocycles. The molecule has 0 saturated heterocycles. The van der Waals surface area contributed by atoms with E-state index in [2.05, 4.69) is 0 Å². The minimum absolute atomic E-state index is 0.0622. The summed E-state index contributed by atoms with van der Waals surface area (Å²) < 4.78 is 15.1. The lowest BCUT2D eigenvalue weighted by molar-refractivity contribution is -0.147. The number of hydrogen-bond donors (Lipinski definition) is 0. The van der Waals surface area contributed by atoms with Gasteiger partial charge in [-0.1, -0.05) is 32.4 Å². The van der Waals surface area contributed by atoms with Crippen LogP contribution in [0.1, 0.15) is 60.7 Å². The first kappa shape index (κ1) is 19.7. The highest BCUT2D eigenvalue weighted by atomic mass is 16.6. The second-order valence-electron chi connectivity index (χ2n) is 5.32. The largest absolute Gasteiger partial charge is 0.463 e. The minimum atomic E-state index is -0.765. The highest BCUT2D eigenvalue weighted by Crippen LogP contribution is 2.13. The van der Waals surface area contributed by atoms with Gasteiger partial charge in [0.15, 0.2) is 6.61 Å². The fraction of sp³-hybridized carbons (Fsp3) is 0.500. The predicted molar refractivity (Wildman–Crippen MR) is 87.8 cm³/mol. The molecule has 0 unspecified atom stereocenters. The van der Waals surface area contributed by atoms with E-state index in [4.69, 9.17) is 14.2 Å². The molecule has 0 aliphatic carbocycles. The van der Waals surface area contributed by atoms with E-state index < -0.39 is 24.5 Å². The van der Waals surface area contributed by atoms with Crippen LogP contribution < -0.4 is 0 Å². The monoisotopic (exact) mass is 336 g/mol. The zero-order valence-electron chi connectivity index (χ0n) is 14.4. The molecule has 0 spiro atoms. The summed E-state index contributed by atoms with van der Waals surface area (Å²) >= 11 is 0. The number of ether oxygens (including phenoxy) is 3. The van der Waals surface area contributed by atoms with Crippen molar-refractivity contribution in [2.24, 2.45) is 0 Å². The second kappa shape index (κ2) is 10.4. The van der Waals surface area contributed by atoms with Gasteiger partial charge in [0, 0.05) is 0 Å². The van der Waals surface area contributed by atoms with Crippen LogP contribution in [0.15, 0.2) is 24.3 Å². The molecule has 0 aliphatic heterocycles. The molecule has 0 aromatic heterocycles. The van der Waals surface area contributed by atoms with Crippen molar-refractivity contribution in [1.82, 2.24) is 0 Å². The highest BCUT2D eigenvalue weighted by molar-refractivity contribution is 6.03. The number of unbranched alkanes of at least 4 members (excludes halogenated alkanes) is 1. The molecule has 0 radical (unpaired) electrons. The highest BCUT2D eigenvalue weighted by Gasteiger charge is 2.21. The Labute approximate surface area is 142 Å². The number of carbonyl (C=O) groups is 3. The summed E-state index contributed by atoms with van der Waals surface area (Å²) in [7, 11) is 0. The Morgan fingerprint density at radius 3 is 2.21 bits per heavy atom. The van der Waals surface area contributed by atoms with E-state index >= 15 is 0 Å². The Hall–Kier alpha value is -2.37. The molecule has 0 N–H and O–H groups in total. The molecule has 0 bridgehead atoms. The Morgan fingerprint density at radius 2 is 1.62 bits per heavy atom. The first-order valence-electron chi connectivity index (χ1n) is 8.12. The lowest BCUT2D eigenvalue weighted by Crippen LogP contribution is -2.20. The summed E-state index contributed by atoms with van der Waals surface area (Å²) in [5, 5.41) is 0. The Kier molecular flexibility index (Phi) is 8.54. The van der Waals surface area contributed by atoms with Crippen LogP contribution in [0.3, 0.4) is 0 Å². The predicted octanol–water partition coefficient (Wildman–Crippen LogP) is 3.14. The third-order valence-electron chi connectivity index (χ3n) is 3.33. The van der Waals surface area contributed by atoms with Crippen LogP contribution in [0.2, 0.25) is 0 Å². The zero-order valence-corrected chi connectivity index (χ0v) is 14.4. The van der Waals surface area contributed by atoms with Crippen LogP contribution >= 0.6 is 0 Å². The maximum absolute atomic E-state index is 12.1. The lowest BCUT2D eigenvalue weighted by atomic mass is 10.1. The maximum atomic E-state index is 12.1. The van der Waals surface area contributed by atoms with Crippen molar-refractivity contribution in [1.29, 1.82) is 0 Å². The maximum Gasteiger partial charge on any atom is 0.344 e. The number of hydrogen-bond acceptors (Lipinski definition) is 6. The zero-order chi connectivity index (χ0) is 17.9. The smallest absolute Gasteiger partial charge is 0.344 e. The number of rotatable bonds is 9. The molecule has 0 aliphatic rings. The Morgan fingerprint density at radius 1 is 1.00 bits per heavy atom. The average molecular weight is 336 g/mol. The van der Waals surface area contributed by atoms with Crippen molar-refractivity contribution in [3.05, 3.63) is 35.4 Å². The van der Waals surface area contributed by atoms with Gasteiger partial charge >= 0.3 is 17.9 Å². The van der Waals surface area contributed by atoms with Crippen LogP contribution in [0.25, 0.3) is 0 Å². The van der Waals surface area contributed by atoms with Crippen LogP contribution in [0.4, 0.5) is 0 Å². The molecular weight excluding hydrogens is 312 g/mol. The van der Waals surface area contributed by atoms with Crippen molar-refractivity contribution in [2.45, 2.75) is 46.1 Å². The standard InChI is InChI=1S/C18H24O6/c1-4-6-11-22-16(19)12-23-17(20)14-9-7-8-10-15(14)18(21)24-13(3)5-2/h7-10,13H,4-6,11-12H2,1-3H3/t13-/m0/s1. The topological polar surface area (TPSA) is 78.9 Å². The number of esters is 3. The third kappa shape index (κ3) is 6.40. The van der Waals surface area contributed by atoms with Crippen LogP contribution in [-0.2, 0) is 19.0 Å². The van der Waals surface area contributed by atoms with Crippen LogP contribution in [0.5, 0.6) is 0 Å². The summed E-state index contributed by atoms with van der Waals surface area (Å²) in [5.74, 6) is -1.97. The van der Waals surface area contributed by atoms with Gasteiger partial charge < -0.3 is 14.2 Å². The van der Waals surface area contributed by atoms with Crippen molar-refractivity contribution >= 4 is 17.9 Å². The van der Waals surface area contributed by atoms with Crippen LogP contribution in [-0.4, -0.2) is 37.2 Å². The van der Waals surface area contributed by atoms with Crippen molar-refractivity contribution < 1.29 is 28.6 Å². The van der Waals surface area contributed by atoms with Gasteiger partial charge in [-0.2, -0.15) is 0 Å². The van der Waals surface area contributed by atoms with Gasteiger partial charge in [-0.15, -0.1) is 0 Å². The van der Waals surface area contributed by atoms with E-state index in [1.54, 1.807) is 19.1 Å². The SMILES string of the molecule is CCCCOC(=O)COC(=O)c1ccccc1C(=O)O[C@@H](C)CC. The van der Waals surface area contributed by atoms with E-state index in [-0.39, 0.29) is 17.2 Å². The molecule has 132 valence electrons. The summed E-state index contributed by atoms with van der Waals surface area (Å²) in [6.07, 6.45) is 2.07. The molecule has 1 rings (SSSR count). The quantitative estimate of drug-likeness (QED) is 0.391. The van der Waals surface area contributed by atoms with Gasteiger partial charge in [-0.3, -0.25) is 0 Å². The summed E-state index contributed by atoms with van der Waals surface area (Å²) in [6, 6.07) is 6.18. The van der Waals surface area contributed by atoms with Gasteiger partial charge in [0.1, 0.15) is 0 Å². The van der Waals surface area contributed by atoms with Gasteiger partial charge in [0.25, 0.3) is 0 Å².